The summed E-state index contributed by atoms with van der Waals surface area (Å²) in [6.07, 6.45) is 1.84. The van der Waals surface area contributed by atoms with Gasteiger partial charge >= 0.3 is 0 Å². The molecule has 0 amide bonds. The van der Waals surface area contributed by atoms with Crippen LogP contribution in [-0.4, -0.2) is 13.1 Å². The molecule has 2 aromatic carbocycles. The molecule has 21 heavy (non-hydrogen) atoms. The smallest absolute Gasteiger partial charge is 0.0624 e. The number of aryl methyl sites for hydroxylation is 2. The van der Waals surface area contributed by atoms with Crippen molar-refractivity contribution in [2.45, 2.75) is 32.7 Å². The number of hydrogen-bond acceptors (Lipinski definition) is 1. The van der Waals surface area contributed by atoms with Crippen molar-refractivity contribution < 1.29 is 0 Å². The van der Waals surface area contributed by atoms with E-state index in [2.05, 4.69) is 37.4 Å². The summed E-state index contributed by atoms with van der Waals surface area (Å²) in [6.45, 7) is 4.29. The van der Waals surface area contributed by atoms with Crippen LogP contribution in [0.25, 0.3) is 0 Å². The Bertz CT molecular complexity index is 619. The molecule has 0 saturated heterocycles. The summed E-state index contributed by atoms with van der Waals surface area (Å²) < 4.78 is 0. The Hall–Kier alpha value is -1.02. The molecule has 0 aliphatic carbocycles. The van der Waals surface area contributed by atoms with E-state index in [1.165, 1.54) is 16.7 Å². The zero-order valence-corrected chi connectivity index (χ0v) is 14.2. The summed E-state index contributed by atoms with van der Waals surface area (Å²) in [5, 5.41) is 4.68. The molecule has 2 rings (SSSR count). The van der Waals surface area contributed by atoms with Crippen LogP contribution in [0.4, 0.5) is 0 Å². The summed E-state index contributed by atoms with van der Waals surface area (Å²) >= 11 is 12.4. The van der Waals surface area contributed by atoms with Crippen LogP contribution in [0.5, 0.6) is 0 Å². The van der Waals surface area contributed by atoms with Gasteiger partial charge < -0.3 is 5.32 Å². The van der Waals surface area contributed by atoms with Gasteiger partial charge in [0.1, 0.15) is 0 Å². The molecule has 112 valence electrons. The first-order valence-corrected chi connectivity index (χ1v) is 7.93. The SMILES string of the molecule is CNC(Cc1cc(C)ccc1C)Cc1cccc(Cl)c1Cl. The van der Waals surface area contributed by atoms with Crippen molar-refractivity contribution in [1.29, 1.82) is 0 Å². The minimum atomic E-state index is 0.335. The van der Waals surface area contributed by atoms with E-state index in [0.717, 1.165) is 18.4 Å². The molecular weight excluding hydrogens is 301 g/mol. The second kappa shape index (κ2) is 7.31. The third-order valence-electron chi connectivity index (χ3n) is 3.88. The van der Waals surface area contributed by atoms with Gasteiger partial charge in [-0.3, -0.25) is 0 Å². The number of nitrogens with one attached hydrogen (secondary N) is 1. The first-order valence-electron chi connectivity index (χ1n) is 7.17. The minimum Gasteiger partial charge on any atom is -0.316 e. The Labute approximate surface area is 137 Å². The van der Waals surface area contributed by atoms with Gasteiger partial charge in [0.25, 0.3) is 0 Å². The molecule has 2 aromatic rings. The van der Waals surface area contributed by atoms with Crippen LogP contribution in [0.15, 0.2) is 36.4 Å². The lowest BCUT2D eigenvalue weighted by Crippen LogP contribution is -2.30. The predicted molar refractivity (Wildman–Crippen MR) is 92.6 cm³/mol. The van der Waals surface area contributed by atoms with Gasteiger partial charge in [0.05, 0.1) is 10.0 Å². The van der Waals surface area contributed by atoms with Crippen molar-refractivity contribution in [2.24, 2.45) is 0 Å². The second-order valence-corrected chi connectivity index (χ2v) is 6.32. The van der Waals surface area contributed by atoms with Crippen molar-refractivity contribution in [1.82, 2.24) is 5.32 Å². The van der Waals surface area contributed by atoms with E-state index >= 15 is 0 Å². The van der Waals surface area contributed by atoms with E-state index in [4.69, 9.17) is 23.2 Å². The molecule has 0 heterocycles. The van der Waals surface area contributed by atoms with E-state index < -0.39 is 0 Å². The summed E-state index contributed by atoms with van der Waals surface area (Å²) in [5.74, 6) is 0. The van der Waals surface area contributed by atoms with Crippen LogP contribution < -0.4 is 5.32 Å². The molecule has 1 atom stereocenters. The average molecular weight is 322 g/mol. The number of halogens is 2. The molecule has 0 fully saturated rings. The number of benzene rings is 2. The fourth-order valence-corrected chi connectivity index (χ4v) is 2.93. The van der Waals surface area contributed by atoms with Gasteiger partial charge in [-0.1, -0.05) is 59.1 Å². The Morgan fingerprint density at radius 3 is 2.43 bits per heavy atom. The molecule has 0 bridgehead atoms. The van der Waals surface area contributed by atoms with E-state index in [9.17, 15) is 0 Å². The number of hydrogen-bond donors (Lipinski definition) is 1. The quantitative estimate of drug-likeness (QED) is 0.818. The predicted octanol–water partition coefficient (Wildman–Crippen LogP) is 4.98. The maximum absolute atomic E-state index is 6.29. The lowest BCUT2D eigenvalue weighted by Gasteiger charge is -2.19. The third kappa shape index (κ3) is 4.23. The highest BCUT2D eigenvalue weighted by atomic mass is 35.5. The maximum Gasteiger partial charge on any atom is 0.0624 e. The van der Waals surface area contributed by atoms with Crippen LogP contribution in [0.1, 0.15) is 22.3 Å². The molecule has 1 N–H and O–H groups in total. The normalized spacial score (nSPS) is 12.4. The summed E-state index contributed by atoms with van der Waals surface area (Å²) in [5.41, 5.74) is 5.10. The fraction of sp³-hybridized carbons (Fsp3) is 0.333. The molecule has 0 aliphatic heterocycles. The van der Waals surface area contributed by atoms with Gasteiger partial charge in [-0.15, -0.1) is 0 Å². The number of rotatable bonds is 5. The first kappa shape index (κ1) is 16.4. The second-order valence-electron chi connectivity index (χ2n) is 5.54. The third-order valence-corrected chi connectivity index (χ3v) is 4.74. The zero-order valence-electron chi connectivity index (χ0n) is 12.7. The molecule has 3 heteroatoms. The monoisotopic (exact) mass is 321 g/mol. The van der Waals surface area contributed by atoms with Gasteiger partial charge in [-0.2, -0.15) is 0 Å². The number of likely N-dealkylation sites (N-methyl/N-ethyl adjacent to an activating group) is 1. The minimum absolute atomic E-state index is 0.335. The highest BCUT2D eigenvalue weighted by molar-refractivity contribution is 6.42. The van der Waals surface area contributed by atoms with Gasteiger partial charge in [-0.05, 0) is 56.5 Å². The zero-order chi connectivity index (χ0) is 15.4. The standard InChI is InChI=1S/C18H21Cl2N/c1-12-7-8-13(2)15(9-12)11-16(21-3)10-14-5-4-6-17(19)18(14)20/h4-9,16,21H,10-11H2,1-3H3. The summed E-state index contributed by atoms with van der Waals surface area (Å²) in [4.78, 5) is 0. The highest BCUT2D eigenvalue weighted by Crippen LogP contribution is 2.27. The van der Waals surface area contributed by atoms with Gasteiger partial charge in [0, 0.05) is 6.04 Å². The molecular formula is C18H21Cl2N. The largest absolute Gasteiger partial charge is 0.316 e. The van der Waals surface area contributed by atoms with E-state index in [0.29, 0.717) is 16.1 Å². The van der Waals surface area contributed by atoms with Crippen molar-refractivity contribution >= 4 is 23.2 Å². The Kier molecular flexibility index (Phi) is 5.69. The molecule has 0 aliphatic rings. The van der Waals surface area contributed by atoms with Gasteiger partial charge in [0.2, 0.25) is 0 Å². The van der Waals surface area contributed by atoms with Crippen LogP contribution >= 0.6 is 23.2 Å². The van der Waals surface area contributed by atoms with Crippen molar-refractivity contribution in [2.75, 3.05) is 7.05 Å². The molecule has 0 aromatic heterocycles. The van der Waals surface area contributed by atoms with E-state index in [-0.39, 0.29) is 0 Å². The van der Waals surface area contributed by atoms with Gasteiger partial charge in [-0.25, -0.2) is 0 Å². The first-order chi connectivity index (χ1) is 10.0. The van der Waals surface area contributed by atoms with E-state index in [1.807, 2.05) is 25.2 Å². The molecule has 0 radical (unpaired) electrons. The molecule has 0 saturated carbocycles. The van der Waals surface area contributed by atoms with Crippen molar-refractivity contribution in [3.8, 4) is 0 Å². The van der Waals surface area contributed by atoms with Crippen LogP contribution in [-0.2, 0) is 12.8 Å². The molecule has 1 unspecified atom stereocenters. The summed E-state index contributed by atoms with van der Waals surface area (Å²) in [6, 6.07) is 12.8. The molecule has 1 nitrogen and oxygen atoms in total. The molecule has 0 spiro atoms. The lowest BCUT2D eigenvalue weighted by atomic mass is 9.95. The Balaban J connectivity index is 2.17. The van der Waals surface area contributed by atoms with Gasteiger partial charge in [0.15, 0.2) is 0 Å². The van der Waals surface area contributed by atoms with Crippen LogP contribution in [0, 0.1) is 13.8 Å². The Morgan fingerprint density at radius 2 is 1.71 bits per heavy atom. The van der Waals surface area contributed by atoms with Crippen molar-refractivity contribution in [3.05, 3.63) is 68.7 Å². The maximum atomic E-state index is 6.29. The average Bonchev–Trinajstić information content (AvgIpc) is 2.46. The van der Waals surface area contributed by atoms with Crippen LogP contribution in [0.2, 0.25) is 10.0 Å². The van der Waals surface area contributed by atoms with E-state index in [1.54, 1.807) is 0 Å². The lowest BCUT2D eigenvalue weighted by molar-refractivity contribution is 0.555. The van der Waals surface area contributed by atoms with Crippen molar-refractivity contribution in [3.63, 3.8) is 0 Å². The highest BCUT2D eigenvalue weighted by Gasteiger charge is 2.13. The Morgan fingerprint density at radius 1 is 1.00 bits per heavy atom. The summed E-state index contributed by atoms with van der Waals surface area (Å²) in [7, 11) is 1.99. The van der Waals surface area contributed by atoms with Crippen LogP contribution in [0.3, 0.4) is 0 Å². The topological polar surface area (TPSA) is 12.0 Å². The fourth-order valence-electron chi connectivity index (χ4n) is 2.53.